The van der Waals surface area contributed by atoms with E-state index >= 15 is 0 Å². The fraction of sp³-hybridized carbons (Fsp3) is 0.500. The smallest absolute Gasteiger partial charge is 0.274 e. The van der Waals surface area contributed by atoms with E-state index in [9.17, 15) is 4.79 Å². The van der Waals surface area contributed by atoms with Crippen molar-refractivity contribution in [3.05, 3.63) is 22.8 Å². The van der Waals surface area contributed by atoms with Crippen molar-refractivity contribution in [1.82, 2.24) is 9.88 Å². The van der Waals surface area contributed by atoms with Crippen LogP contribution in [0.1, 0.15) is 30.3 Å². The monoisotopic (exact) mass is 253 g/mol. The highest BCUT2D eigenvalue weighted by Gasteiger charge is 2.33. The zero-order valence-electron chi connectivity index (χ0n) is 10.0. The lowest BCUT2D eigenvalue weighted by Gasteiger charge is -2.20. The first-order valence-corrected chi connectivity index (χ1v) is 6.20. The molecule has 17 heavy (non-hydrogen) atoms. The molecule has 1 aliphatic rings. The molecule has 92 valence electrons. The van der Waals surface area contributed by atoms with Crippen molar-refractivity contribution in [1.29, 1.82) is 0 Å². The predicted molar refractivity (Wildman–Crippen MR) is 68.5 cm³/mol. The Hall–Kier alpha value is -1.29. The summed E-state index contributed by atoms with van der Waals surface area (Å²) in [7, 11) is 1.77. The van der Waals surface area contributed by atoms with Crippen LogP contribution in [0.4, 0.5) is 5.82 Å². The summed E-state index contributed by atoms with van der Waals surface area (Å²) in [4.78, 5) is 18.4. The molecule has 4 nitrogen and oxygen atoms in total. The average molecular weight is 254 g/mol. The SMILES string of the molecule is CCN(C(=O)c1nc(NC)ccc1Cl)C1CC1. The van der Waals surface area contributed by atoms with Gasteiger partial charge in [0.1, 0.15) is 11.5 Å². The Labute approximate surface area is 106 Å². The maximum atomic E-state index is 12.3. The maximum absolute atomic E-state index is 12.3. The van der Waals surface area contributed by atoms with Gasteiger partial charge in [0.15, 0.2) is 0 Å². The van der Waals surface area contributed by atoms with Crippen LogP contribution in [-0.2, 0) is 0 Å². The summed E-state index contributed by atoms with van der Waals surface area (Å²) in [6.07, 6.45) is 2.17. The summed E-state index contributed by atoms with van der Waals surface area (Å²) in [5.74, 6) is 0.585. The van der Waals surface area contributed by atoms with Crippen molar-refractivity contribution < 1.29 is 4.79 Å². The molecule has 0 atom stereocenters. The van der Waals surface area contributed by atoms with Crippen LogP contribution in [0.5, 0.6) is 0 Å². The van der Waals surface area contributed by atoms with E-state index in [0.29, 0.717) is 29.1 Å². The first-order valence-electron chi connectivity index (χ1n) is 5.82. The van der Waals surface area contributed by atoms with Crippen molar-refractivity contribution in [2.24, 2.45) is 0 Å². The highest BCUT2D eigenvalue weighted by molar-refractivity contribution is 6.33. The van der Waals surface area contributed by atoms with Gasteiger partial charge < -0.3 is 10.2 Å². The third-order valence-corrected chi connectivity index (χ3v) is 3.20. The zero-order valence-corrected chi connectivity index (χ0v) is 10.8. The molecule has 1 heterocycles. The normalized spacial score (nSPS) is 14.5. The molecule has 1 amide bonds. The summed E-state index contributed by atoms with van der Waals surface area (Å²) < 4.78 is 0. The fourth-order valence-corrected chi connectivity index (χ4v) is 2.01. The molecule has 1 N–H and O–H groups in total. The van der Waals surface area contributed by atoms with Crippen LogP contribution >= 0.6 is 11.6 Å². The number of aromatic nitrogens is 1. The molecule has 2 rings (SSSR count). The Balaban J connectivity index is 2.28. The van der Waals surface area contributed by atoms with E-state index in [1.165, 1.54) is 0 Å². The summed E-state index contributed by atoms with van der Waals surface area (Å²) in [6.45, 7) is 2.68. The molecule has 1 fully saturated rings. The molecule has 0 radical (unpaired) electrons. The van der Waals surface area contributed by atoms with Crippen LogP contribution in [0.3, 0.4) is 0 Å². The number of halogens is 1. The number of hydrogen-bond donors (Lipinski definition) is 1. The molecule has 1 aromatic rings. The van der Waals surface area contributed by atoms with Gasteiger partial charge in [-0.15, -0.1) is 0 Å². The van der Waals surface area contributed by atoms with E-state index in [1.807, 2.05) is 11.8 Å². The summed E-state index contributed by atoms with van der Waals surface area (Å²) in [5, 5.41) is 3.32. The Morgan fingerprint density at radius 1 is 1.59 bits per heavy atom. The number of carbonyl (C=O) groups excluding carboxylic acids is 1. The fourth-order valence-electron chi connectivity index (χ4n) is 1.82. The van der Waals surface area contributed by atoms with Gasteiger partial charge in [-0.25, -0.2) is 4.98 Å². The molecule has 0 bridgehead atoms. The lowest BCUT2D eigenvalue weighted by molar-refractivity contribution is 0.0747. The molecule has 5 heteroatoms. The van der Waals surface area contributed by atoms with Gasteiger partial charge in [-0.3, -0.25) is 4.79 Å². The van der Waals surface area contributed by atoms with E-state index in [2.05, 4.69) is 10.3 Å². The second-order valence-electron chi connectivity index (χ2n) is 4.10. The number of amides is 1. The molecule has 0 unspecified atom stereocenters. The molecule has 0 spiro atoms. The highest BCUT2D eigenvalue weighted by atomic mass is 35.5. The lowest BCUT2D eigenvalue weighted by atomic mass is 10.3. The number of anilines is 1. The van der Waals surface area contributed by atoms with Gasteiger partial charge >= 0.3 is 0 Å². The number of pyridine rings is 1. The van der Waals surface area contributed by atoms with Gasteiger partial charge in [0.25, 0.3) is 5.91 Å². The van der Waals surface area contributed by atoms with E-state index in [1.54, 1.807) is 19.2 Å². The van der Waals surface area contributed by atoms with Crippen LogP contribution in [0.25, 0.3) is 0 Å². The first kappa shape index (κ1) is 12.2. The van der Waals surface area contributed by atoms with E-state index in [0.717, 1.165) is 12.8 Å². The number of nitrogens with one attached hydrogen (secondary N) is 1. The maximum Gasteiger partial charge on any atom is 0.274 e. The first-order chi connectivity index (χ1) is 8.17. The second-order valence-corrected chi connectivity index (χ2v) is 4.51. The standard InChI is InChI=1S/C12H16ClN3O/c1-3-16(8-4-5-8)12(17)11-9(13)6-7-10(14-2)15-11/h6-8H,3-5H2,1-2H3,(H,14,15). The Kier molecular flexibility index (Phi) is 3.52. The minimum atomic E-state index is -0.0721. The van der Waals surface area contributed by atoms with Crippen LogP contribution < -0.4 is 5.32 Å². The van der Waals surface area contributed by atoms with Crippen LogP contribution in [-0.4, -0.2) is 35.4 Å². The minimum absolute atomic E-state index is 0.0721. The second kappa shape index (κ2) is 4.92. The number of carbonyl (C=O) groups is 1. The Morgan fingerprint density at radius 3 is 2.82 bits per heavy atom. The van der Waals surface area contributed by atoms with Crippen molar-refractivity contribution in [3.8, 4) is 0 Å². The lowest BCUT2D eigenvalue weighted by Crippen LogP contribution is -2.33. The third kappa shape index (κ3) is 2.52. The number of nitrogens with zero attached hydrogens (tertiary/aromatic N) is 2. The Morgan fingerprint density at radius 2 is 2.29 bits per heavy atom. The summed E-state index contributed by atoms with van der Waals surface area (Å²) >= 11 is 6.04. The van der Waals surface area contributed by atoms with Gasteiger partial charge in [0.05, 0.1) is 5.02 Å². The van der Waals surface area contributed by atoms with Crippen molar-refractivity contribution in [3.63, 3.8) is 0 Å². The average Bonchev–Trinajstić information content (AvgIpc) is 3.15. The zero-order chi connectivity index (χ0) is 12.4. The third-order valence-electron chi connectivity index (χ3n) is 2.89. The van der Waals surface area contributed by atoms with Crippen molar-refractivity contribution in [2.75, 3.05) is 18.9 Å². The predicted octanol–water partition coefficient (Wildman–Crippen LogP) is 2.40. The molecular weight excluding hydrogens is 238 g/mol. The van der Waals surface area contributed by atoms with Gasteiger partial charge in [-0.1, -0.05) is 11.6 Å². The van der Waals surface area contributed by atoms with Gasteiger partial charge in [-0.05, 0) is 31.9 Å². The summed E-state index contributed by atoms with van der Waals surface area (Å²) in [6, 6.07) is 3.84. The minimum Gasteiger partial charge on any atom is -0.373 e. The molecule has 0 aliphatic heterocycles. The molecule has 1 aliphatic carbocycles. The molecule has 0 saturated heterocycles. The quantitative estimate of drug-likeness (QED) is 0.896. The van der Waals surface area contributed by atoms with E-state index < -0.39 is 0 Å². The summed E-state index contributed by atoms with van der Waals surface area (Å²) in [5.41, 5.74) is 0.340. The van der Waals surface area contributed by atoms with Crippen molar-refractivity contribution >= 4 is 23.3 Å². The van der Waals surface area contributed by atoms with E-state index in [4.69, 9.17) is 11.6 Å². The largest absolute Gasteiger partial charge is 0.373 e. The topological polar surface area (TPSA) is 45.2 Å². The molecule has 1 saturated carbocycles. The van der Waals surface area contributed by atoms with E-state index in [-0.39, 0.29) is 5.91 Å². The van der Waals surface area contributed by atoms with Gasteiger partial charge in [-0.2, -0.15) is 0 Å². The van der Waals surface area contributed by atoms with Crippen molar-refractivity contribution in [2.45, 2.75) is 25.8 Å². The number of hydrogen-bond acceptors (Lipinski definition) is 3. The molecule has 1 aromatic heterocycles. The Bertz CT molecular complexity index is 432. The van der Waals surface area contributed by atoms with Gasteiger partial charge in [0, 0.05) is 19.6 Å². The number of rotatable bonds is 4. The molecular formula is C12H16ClN3O. The van der Waals surface area contributed by atoms with Crippen LogP contribution in [0, 0.1) is 0 Å². The molecule has 0 aromatic carbocycles. The van der Waals surface area contributed by atoms with Crippen LogP contribution in [0.2, 0.25) is 5.02 Å². The van der Waals surface area contributed by atoms with Gasteiger partial charge in [0.2, 0.25) is 0 Å². The van der Waals surface area contributed by atoms with Crippen LogP contribution in [0.15, 0.2) is 12.1 Å². The highest BCUT2D eigenvalue weighted by Crippen LogP contribution is 2.29.